The highest BCUT2D eigenvalue weighted by atomic mass is 16.4. The predicted molar refractivity (Wildman–Crippen MR) is 136 cm³/mol. The van der Waals surface area contributed by atoms with Gasteiger partial charge in [0.1, 0.15) is 17.5 Å². The molecule has 3 aromatic rings. The zero-order valence-electron chi connectivity index (χ0n) is 21.4. The predicted octanol–water partition coefficient (Wildman–Crippen LogP) is 3.49. The summed E-state index contributed by atoms with van der Waals surface area (Å²) >= 11 is 0. The van der Waals surface area contributed by atoms with Gasteiger partial charge in [0.15, 0.2) is 17.3 Å². The minimum absolute atomic E-state index is 0.0890. The molecule has 1 aliphatic rings. The SMILES string of the molecule is CNC(=O)[C@@H](NC(=O)c1ccc(-c2cc(CN(N)C(=O)c3cc(C)c(C)o3)ccn2)o1)C1CCCCC1. The molecule has 0 aromatic carbocycles. The minimum atomic E-state index is -0.609. The number of hydrazine groups is 1. The van der Waals surface area contributed by atoms with Crippen molar-refractivity contribution in [3.8, 4) is 11.5 Å². The van der Waals surface area contributed by atoms with Gasteiger partial charge in [-0.1, -0.05) is 19.3 Å². The van der Waals surface area contributed by atoms with E-state index in [1.165, 1.54) is 0 Å². The Balaban J connectivity index is 1.44. The first kappa shape index (κ1) is 26.2. The second kappa shape index (κ2) is 11.4. The molecule has 1 fully saturated rings. The van der Waals surface area contributed by atoms with Crippen molar-refractivity contribution < 1.29 is 23.2 Å². The molecule has 0 unspecified atom stereocenters. The molecule has 10 heteroatoms. The molecule has 1 saturated carbocycles. The molecule has 0 aliphatic heterocycles. The summed E-state index contributed by atoms with van der Waals surface area (Å²) in [4.78, 5) is 42.4. The van der Waals surface area contributed by atoms with Crippen LogP contribution in [-0.4, -0.2) is 40.8 Å². The van der Waals surface area contributed by atoms with Crippen LogP contribution in [0.5, 0.6) is 0 Å². The summed E-state index contributed by atoms with van der Waals surface area (Å²) in [7, 11) is 1.57. The summed E-state index contributed by atoms with van der Waals surface area (Å²) in [5.74, 6) is 6.33. The standard InChI is InChI=1S/C27H33N5O5/c1-16-13-23(36-17(16)2)27(35)32(28)15-18-11-12-30-20(14-18)21-9-10-22(37-21)25(33)31-24(26(34)29-3)19-7-5-4-6-8-19/h9-14,19,24H,4-8,15,28H2,1-3H3,(H,29,34)(H,31,33)/t24-/m0/s1. The van der Waals surface area contributed by atoms with E-state index in [1.54, 1.807) is 50.5 Å². The van der Waals surface area contributed by atoms with Crippen LogP contribution in [0.25, 0.3) is 11.5 Å². The number of nitrogens with one attached hydrogen (secondary N) is 2. The molecule has 3 amide bonds. The second-order valence-corrected chi connectivity index (χ2v) is 9.46. The maximum Gasteiger partial charge on any atom is 0.303 e. The van der Waals surface area contributed by atoms with Crippen LogP contribution >= 0.6 is 0 Å². The molecule has 1 atom stereocenters. The highest BCUT2D eigenvalue weighted by Gasteiger charge is 2.31. The van der Waals surface area contributed by atoms with Crippen LogP contribution in [0.3, 0.4) is 0 Å². The van der Waals surface area contributed by atoms with Crippen LogP contribution in [-0.2, 0) is 11.3 Å². The molecule has 1 aliphatic carbocycles. The number of rotatable bonds is 8. The van der Waals surface area contributed by atoms with Crippen LogP contribution < -0.4 is 16.5 Å². The van der Waals surface area contributed by atoms with Gasteiger partial charge in [-0.05, 0) is 74.1 Å². The molecule has 4 N–H and O–H groups in total. The summed E-state index contributed by atoms with van der Waals surface area (Å²) in [5, 5.41) is 6.58. The van der Waals surface area contributed by atoms with Gasteiger partial charge in [-0.25, -0.2) is 5.84 Å². The average Bonchev–Trinajstić information content (AvgIpc) is 3.54. The van der Waals surface area contributed by atoms with E-state index in [2.05, 4.69) is 15.6 Å². The maximum atomic E-state index is 12.9. The summed E-state index contributed by atoms with van der Waals surface area (Å²) < 4.78 is 11.3. The number of carbonyl (C=O) groups excluding carboxylic acids is 3. The Kier molecular flexibility index (Phi) is 8.08. The fraction of sp³-hybridized carbons (Fsp3) is 0.407. The molecule has 3 aromatic heterocycles. The lowest BCUT2D eigenvalue weighted by Gasteiger charge is -2.29. The Bertz CT molecular complexity index is 1250. The lowest BCUT2D eigenvalue weighted by atomic mass is 9.83. The minimum Gasteiger partial charge on any atom is -0.456 e. The van der Waals surface area contributed by atoms with Crippen molar-refractivity contribution in [2.24, 2.45) is 11.8 Å². The molecule has 37 heavy (non-hydrogen) atoms. The van der Waals surface area contributed by atoms with Crippen LogP contribution in [0, 0.1) is 19.8 Å². The number of aryl methyl sites for hydroxylation is 2. The first-order valence-corrected chi connectivity index (χ1v) is 12.5. The average molecular weight is 508 g/mol. The third-order valence-corrected chi connectivity index (χ3v) is 6.83. The van der Waals surface area contributed by atoms with E-state index in [0.717, 1.165) is 48.2 Å². The molecule has 10 nitrogen and oxygen atoms in total. The zero-order chi connectivity index (χ0) is 26.5. The van der Waals surface area contributed by atoms with Gasteiger partial charge in [0.05, 0.1) is 6.54 Å². The Morgan fingerprint density at radius 2 is 1.84 bits per heavy atom. The van der Waals surface area contributed by atoms with E-state index >= 15 is 0 Å². The van der Waals surface area contributed by atoms with E-state index in [1.807, 2.05) is 6.92 Å². The van der Waals surface area contributed by atoms with E-state index in [4.69, 9.17) is 14.7 Å². The second-order valence-electron chi connectivity index (χ2n) is 9.46. The van der Waals surface area contributed by atoms with Gasteiger partial charge in [0.25, 0.3) is 5.91 Å². The summed E-state index contributed by atoms with van der Waals surface area (Å²) in [6, 6.07) is 7.74. The fourth-order valence-corrected chi connectivity index (χ4v) is 4.63. The van der Waals surface area contributed by atoms with Gasteiger partial charge >= 0.3 is 5.91 Å². The van der Waals surface area contributed by atoms with E-state index in [9.17, 15) is 14.4 Å². The van der Waals surface area contributed by atoms with Crippen molar-refractivity contribution in [2.75, 3.05) is 7.05 Å². The van der Waals surface area contributed by atoms with Gasteiger partial charge in [-0.15, -0.1) is 0 Å². The molecule has 0 spiro atoms. The molecule has 0 bridgehead atoms. The van der Waals surface area contributed by atoms with Crippen molar-refractivity contribution in [2.45, 2.75) is 58.5 Å². The number of hydrogen-bond acceptors (Lipinski definition) is 7. The summed E-state index contributed by atoms with van der Waals surface area (Å²) in [6.07, 6.45) is 6.63. The van der Waals surface area contributed by atoms with Crippen LogP contribution in [0.15, 0.2) is 45.4 Å². The number of furan rings is 2. The maximum absolute atomic E-state index is 12.9. The van der Waals surface area contributed by atoms with E-state index in [0.29, 0.717) is 17.2 Å². The van der Waals surface area contributed by atoms with Crippen molar-refractivity contribution in [3.05, 3.63) is 64.9 Å². The van der Waals surface area contributed by atoms with E-state index < -0.39 is 17.9 Å². The van der Waals surface area contributed by atoms with E-state index in [-0.39, 0.29) is 29.9 Å². The highest BCUT2D eigenvalue weighted by molar-refractivity contribution is 5.96. The topological polar surface area (TPSA) is 144 Å². The number of hydrogen-bond donors (Lipinski definition) is 3. The first-order chi connectivity index (χ1) is 17.8. The Labute approximate surface area is 215 Å². The first-order valence-electron chi connectivity index (χ1n) is 12.5. The van der Waals surface area contributed by atoms with Gasteiger partial charge in [-0.2, -0.15) is 0 Å². The number of amides is 3. The van der Waals surface area contributed by atoms with Crippen LogP contribution in [0.1, 0.15) is 70.1 Å². The van der Waals surface area contributed by atoms with Gasteiger partial charge in [0, 0.05) is 13.2 Å². The quantitative estimate of drug-likeness (QED) is 0.240. The molecular formula is C27H33N5O5. The summed E-state index contributed by atoms with van der Waals surface area (Å²) in [5.41, 5.74) is 2.08. The Hall–Kier alpha value is -3.92. The Morgan fingerprint density at radius 3 is 2.51 bits per heavy atom. The third-order valence-electron chi connectivity index (χ3n) is 6.83. The molecule has 3 heterocycles. The summed E-state index contributed by atoms with van der Waals surface area (Å²) in [6.45, 7) is 3.77. The van der Waals surface area contributed by atoms with Crippen LogP contribution in [0.2, 0.25) is 0 Å². The highest BCUT2D eigenvalue weighted by Crippen LogP contribution is 2.27. The molecule has 4 rings (SSSR count). The number of nitrogens with zero attached hydrogens (tertiary/aromatic N) is 2. The van der Waals surface area contributed by atoms with Gasteiger partial charge in [-0.3, -0.25) is 24.4 Å². The third kappa shape index (κ3) is 6.08. The molecule has 0 radical (unpaired) electrons. The number of carbonyl (C=O) groups is 3. The molecule has 0 saturated heterocycles. The monoisotopic (exact) mass is 507 g/mol. The lowest BCUT2D eigenvalue weighted by molar-refractivity contribution is -0.124. The molecular weight excluding hydrogens is 474 g/mol. The fourth-order valence-electron chi connectivity index (χ4n) is 4.63. The number of aromatic nitrogens is 1. The van der Waals surface area contributed by atoms with Gasteiger partial charge in [0.2, 0.25) is 5.91 Å². The number of pyridine rings is 1. The van der Waals surface area contributed by atoms with Crippen LogP contribution in [0.4, 0.5) is 0 Å². The van der Waals surface area contributed by atoms with Crippen molar-refractivity contribution in [1.82, 2.24) is 20.6 Å². The Morgan fingerprint density at radius 1 is 1.08 bits per heavy atom. The van der Waals surface area contributed by atoms with Crippen molar-refractivity contribution >= 4 is 17.7 Å². The largest absolute Gasteiger partial charge is 0.456 e. The lowest BCUT2D eigenvalue weighted by Crippen LogP contribution is -2.50. The number of nitrogens with two attached hydrogens (primary N) is 1. The molecule has 196 valence electrons. The number of likely N-dealkylation sites (N-methyl/N-ethyl adjacent to an activating group) is 1. The normalized spacial score (nSPS) is 14.7. The van der Waals surface area contributed by atoms with Crippen molar-refractivity contribution in [1.29, 1.82) is 0 Å². The zero-order valence-corrected chi connectivity index (χ0v) is 21.4. The van der Waals surface area contributed by atoms with Crippen molar-refractivity contribution in [3.63, 3.8) is 0 Å². The smallest absolute Gasteiger partial charge is 0.303 e. The van der Waals surface area contributed by atoms with Gasteiger partial charge < -0.3 is 19.5 Å².